The predicted octanol–water partition coefficient (Wildman–Crippen LogP) is 1.01. The Kier molecular flexibility index (Phi) is 3.30. The van der Waals surface area contributed by atoms with Crippen LogP contribution in [0, 0.1) is 0 Å². The van der Waals surface area contributed by atoms with Crippen LogP contribution in [0.3, 0.4) is 0 Å². The van der Waals surface area contributed by atoms with Crippen molar-refractivity contribution in [3.05, 3.63) is 11.6 Å². The molecule has 0 aliphatic heterocycles. The van der Waals surface area contributed by atoms with Gasteiger partial charge in [-0.15, -0.1) is 5.10 Å². The maximum absolute atomic E-state index is 12.3. The molecule has 7 heteroatoms. The lowest BCUT2D eigenvalue weighted by Gasteiger charge is -2.33. The van der Waals surface area contributed by atoms with Gasteiger partial charge in [-0.1, -0.05) is 0 Å². The maximum atomic E-state index is 12.3. The molecule has 1 saturated carbocycles. The standard InChI is InChI=1S/C12H18N4O3/c1-12(2,3)16(6-8(17)18)11(19)10-13-9(14-15-10)7-4-5-7/h7H,4-6H2,1-3H3,(H,17,18)(H,13,14,15). The molecule has 0 radical (unpaired) electrons. The van der Waals surface area contributed by atoms with Crippen LogP contribution < -0.4 is 0 Å². The van der Waals surface area contributed by atoms with Gasteiger partial charge in [0.25, 0.3) is 5.91 Å². The van der Waals surface area contributed by atoms with Gasteiger partial charge in [-0.2, -0.15) is 0 Å². The van der Waals surface area contributed by atoms with Crippen LogP contribution in [0.25, 0.3) is 0 Å². The van der Waals surface area contributed by atoms with Crippen molar-refractivity contribution in [2.75, 3.05) is 6.54 Å². The van der Waals surface area contributed by atoms with Crippen LogP contribution in [-0.4, -0.2) is 49.1 Å². The molecule has 1 aromatic rings. The van der Waals surface area contributed by atoms with Crippen molar-refractivity contribution < 1.29 is 14.7 Å². The molecule has 1 fully saturated rings. The Morgan fingerprint density at radius 1 is 1.42 bits per heavy atom. The van der Waals surface area contributed by atoms with E-state index in [9.17, 15) is 9.59 Å². The number of H-pyrrole nitrogens is 1. The van der Waals surface area contributed by atoms with Crippen LogP contribution in [0.5, 0.6) is 0 Å². The highest BCUT2D eigenvalue weighted by atomic mass is 16.4. The molecule has 1 aliphatic carbocycles. The fourth-order valence-electron chi connectivity index (χ4n) is 1.78. The molecule has 19 heavy (non-hydrogen) atoms. The van der Waals surface area contributed by atoms with Gasteiger partial charge in [-0.25, -0.2) is 4.98 Å². The van der Waals surface area contributed by atoms with Crippen LogP contribution in [0.1, 0.15) is 56.0 Å². The van der Waals surface area contributed by atoms with Crippen molar-refractivity contribution in [1.29, 1.82) is 0 Å². The van der Waals surface area contributed by atoms with E-state index in [1.54, 1.807) is 20.8 Å². The average molecular weight is 266 g/mol. The maximum Gasteiger partial charge on any atom is 0.323 e. The number of carbonyl (C=O) groups excluding carboxylic acids is 1. The van der Waals surface area contributed by atoms with Crippen LogP contribution >= 0.6 is 0 Å². The molecule has 0 bridgehead atoms. The van der Waals surface area contributed by atoms with Crippen molar-refractivity contribution in [1.82, 2.24) is 20.1 Å². The minimum absolute atomic E-state index is 0.0399. The Balaban J connectivity index is 2.19. The summed E-state index contributed by atoms with van der Waals surface area (Å²) in [4.78, 5) is 28.6. The van der Waals surface area contributed by atoms with E-state index in [0.717, 1.165) is 12.8 Å². The Hall–Kier alpha value is -1.92. The number of hydrogen-bond acceptors (Lipinski definition) is 4. The number of nitrogens with zero attached hydrogens (tertiary/aromatic N) is 3. The lowest BCUT2D eigenvalue weighted by atomic mass is 10.1. The molecule has 0 spiro atoms. The lowest BCUT2D eigenvalue weighted by molar-refractivity contribution is -0.138. The molecule has 104 valence electrons. The van der Waals surface area contributed by atoms with Crippen LogP contribution in [0.2, 0.25) is 0 Å². The van der Waals surface area contributed by atoms with Crippen molar-refractivity contribution in [3.63, 3.8) is 0 Å². The van der Waals surface area contributed by atoms with Gasteiger partial charge in [0.2, 0.25) is 5.82 Å². The second-order valence-corrected chi connectivity index (χ2v) is 5.77. The zero-order valence-electron chi connectivity index (χ0n) is 11.3. The number of nitrogens with one attached hydrogen (secondary N) is 1. The molecule has 2 N–H and O–H groups in total. The van der Waals surface area contributed by atoms with Crippen molar-refractivity contribution >= 4 is 11.9 Å². The van der Waals surface area contributed by atoms with Gasteiger partial charge < -0.3 is 10.0 Å². The molecule has 0 atom stereocenters. The molecule has 0 unspecified atom stereocenters. The molecule has 1 aliphatic rings. The van der Waals surface area contributed by atoms with Crippen molar-refractivity contribution in [2.45, 2.75) is 45.1 Å². The van der Waals surface area contributed by atoms with E-state index in [0.29, 0.717) is 11.7 Å². The van der Waals surface area contributed by atoms with Crippen molar-refractivity contribution in [3.8, 4) is 0 Å². The minimum Gasteiger partial charge on any atom is -0.480 e. The topological polar surface area (TPSA) is 99.2 Å². The highest BCUT2D eigenvalue weighted by Gasteiger charge is 2.33. The van der Waals surface area contributed by atoms with Gasteiger partial charge in [-0.3, -0.25) is 14.7 Å². The fourth-order valence-corrected chi connectivity index (χ4v) is 1.78. The third kappa shape index (κ3) is 3.10. The van der Waals surface area contributed by atoms with Gasteiger partial charge in [0.05, 0.1) is 0 Å². The quantitative estimate of drug-likeness (QED) is 0.847. The summed E-state index contributed by atoms with van der Waals surface area (Å²) in [6.07, 6.45) is 2.11. The number of carboxylic acid groups (broad SMARTS) is 1. The van der Waals surface area contributed by atoms with Gasteiger partial charge >= 0.3 is 5.97 Å². The first-order chi connectivity index (χ1) is 8.79. The summed E-state index contributed by atoms with van der Waals surface area (Å²) in [6, 6.07) is 0. The average Bonchev–Trinajstić information content (AvgIpc) is 3.02. The van der Waals surface area contributed by atoms with E-state index in [2.05, 4.69) is 15.2 Å². The summed E-state index contributed by atoms with van der Waals surface area (Å²) in [5.41, 5.74) is -0.601. The SMILES string of the molecule is CC(C)(C)N(CC(=O)O)C(=O)c1n[nH]c(C2CC2)n1. The molecule has 2 rings (SSSR count). The summed E-state index contributed by atoms with van der Waals surface area (Å²) in [7, 11) is 0. The second kappa shape index (κ2) is 4.64. The highest BCUT2D eigenvalue weighted by molar-refractivity contribution is 5.93. The summed E-state index contributed by atoms with van der Waals surface area (Å²) in [5.74, 6) is -0.388. The third-order valence-corrected chi connectivity index (χ3v) is 3.01. The monoisotopic (exact) mass is 266 g/mol. The zero-order chi connectivity index (χ0) is 14.2. The number of hydrogen-bond donors (Lipinski definition) is 2. The smallest absolute Gasteiger partial charge is 0.323 e. The first kappa shape index (κ1) is 13.5. The van der Waals surface area contributed by atoms with E-state index >= 15 is 0 Å². The van der Waals surface area contributed by atoms with Gasteiger partial charge in [0.1, 0.15) is 12.4 Å². The Morgan fingerprint density at radius 2 is 2.05 bits per heavy atom. The summed E-state index contributed by atoms with van der Waals surface area (Å²) >= 11 is 0. The largest absolute Gasteiger partial charge is 0.480 e. The Bertz CT molecular complexity index is 499. The number of rotatable bonds is 4. The van der Waals surface area contributed by atoms with Crippen molar-refractivity contribution in [2.24, 2.45) is 0 Å². The third-order valence-electron chi connectivity index (χ3n) is 3.01. The number of aliphatic carboxylic acids is 1. The normalized spacial score (nSPS) is 15.3. The number of aromatic nitrogens is 3. The van der Waals surface area contributed by atoms with E-state index in [4.69, 9.17) is 5.11 Å². The predicted molar refractivity (Wildman–Crippen MR) is 66.8 cm³/mol. The molecular formula is C12H18N4O3. The summed E-state index contributed by atoms with van der Waals surface area (Å²) in [6.45, 7) is 4.97. The molecule has 1 amide bonds. The molecule has 1 aromatic heterocycles. The molecule has 1 heterocycles. The van der Waals surface area contributed by atoms with Gasteiger partial charge in [0.15, 0.2) is 0 Å². The lowest BCUT2D eigenvalue weighted by Crippen LogP contribution is -2.48. The second-order valence-electron chi connectivity index (χ2n) is 5.77. The highest BCUT2D eigenvalue weighted by Crippen LogP contribution is 2.37. The van der Waals surface area contributed by atoms with Crippen LogP contribution in [0.15, 0.2) is 0 Å². The molecule has 7 nitrogen and oxygen atoms in total. The molecular weight excluding hydrogens is 248 g/mol. The number of carbonyl (C=O) groups is 2. The number of aromatic amines is 1. The van der Waals surface area contributed by atoms with Crippen LogP contribution in [-0.2, 0) is 4.79 Å². The fraction of sp³-hybridized carbons (Fsp3) is 0.667. The molecule has 0 aromatic carbocycles. The van der Waals surface area contributed by atoms with Gasteiger partial charge in [0, 0.05) is 11.5 Å². The van der Waals surface area contributed by atoms with E-state index in [1.807, 2.05) is 0 Å². The first-order valence-corrected chi connectivity index (χ1v) is 6.25. The summed E-state index contributed by atoms with van der Waals surface area (Å²) < 4.78 is 0. The zero-order valence-corrected chi connectivity index (χ0v) is 11.3. The van der Waals surface area contributed by atoms with Gasteiger partial charge in [-0.05, 0) is 33.6 Å². The Morgan fingerprint density at radius 3 is 2.53 bits per heavy atom. The van der Waals surface area contributed by atoms with E-state index in [-0.39, 0.29) is 12.4 Å². The van der Waals surface area contributed by atoms with E-state index < -0.39 is 17.4 Å². The van der Waals surface area contributed by atoms with Crippen LogP contribution in [0.4, 0.5) is 0 Å². The van der Waals surface area contributed by atoms with E-state index in [1.165, 1.54) is 4.90 Å². The Labute approximate surface area is 111 Å². The number of amides is 1. The molecule has 0 saturated heterocycles. The number of carboxylic acids is 1. The summed E-state index contributed by atoms with van der Waals surface area (Å²) in [5, 5.41) is 15.6. The minimum atomic E-state index is -1.05. The first-order valence-electron chi connectivity index (χ1n) is 6.25.